The van der Waals surface area contributed by atoms with Crippen molar-refractivity contribution in [1.29, 1.82) is 0 Å². The summed E-state index contributed by atoms with van der Waals surface area (Å²) in [4.78, 5) is 63.4. The van der Waals surface area contributed by atoms with E-state index in [2.05, 4.69) is 5.32 Å². The lowest BCUT2D eigenvalue weighted by molar-refractivity contribution is -0.154. The van der Waals surface area contributed by atoms with Crippen molar-refractivity contribution in [2.75, 3.05) is 4.90 Å². The zero-order valence-corrected chi connectivity index (χ0v) is 18.3. The molecule has 0 aromatic heterocycles. The van der Waals surface area contributed by atoms with Gasteiger partial charge in [-0.05, 0) is 36.2 Å². The van der Waals surface area contributed by atoms with Gasteiger partial charge in [-0.15, -0.1) is 0 Å². The van der Waals surface area contributed by atoms with Crippen LogP contribution in [0.4, 0.5) is 5.69 Å². The maximum Gasteiger partial charge on any atom is 0.325 e. The summed E-state index contributed by atoms with van der Waals surface area (Å²) in [6.07, 6.45) is -0.897. The number of esters is 1. The van der Waals surface area contributed by atoms with Crippen molar-refractivity contribution in [3.8, 4) is 5.75 Å². The molecule has 4 unspecified atom stereocenters. The average Bonchev–Trinajstić information content (AvgIpc) is 3.23. The molecule has 3 N–H and O–H groups in total. The summed E-state index contributed by atoms with van der Waals surface area (Å²) in [6, 6.07) is 11.8. The van der Waals surface area contributed by atoms with Gasteiger partial charge >= 0.3 is 17.9 Å². The first-order valence-electron chi connectivity index (χ1n) is 10.5. The number of ether oxygens (including phenoxy) is 1. The Morgan fingerprint density at radius 1 is 1.03 bits per heavy atom. The van der Waals surface area contributed by atoms with Gasteiger partial charge in [0.25, 0.3) is 0 Å². The lowest BCUT2D eigenvalue weighted by atomic mass is 9.77. The molecule has 2 aliphatic heterocycles. The first-order chi connectivity index (χ1) is 16.1. The van der Waals surface area contributed by atoms with E-state index in [-0.39, 0.29) is 5.75 Å². The first kappa shape index (κ1) is 23.1. The van der Waals surface area contributed by atoms with E-state index >= 15 is 0 Å². The molecule has 2 aliphatic rings. The van der Waals surface area contributed by atoms with Crippen LogP contribution in [0.5, 0.6) is 5.75 Å². The largest absolute Gasteiger partial charge is 0.481 e. The van der Waals surface area contributed by atoms with Crippen molar-refractivity contribution in [3.63, 3.8) is 0 Å². The van der Waals surface area contributed by atoms with Gasteiger partial charge in [0, 0.05) is 13.0 Å². The van der Waals surface area contributed by atoms with Crippen LogP contribution in [0.15, 0.2) is 48.5 Å². The molecule has 4 atom stereocenters. The van der Waals surface area contributed by atoms with Gasteiger partial charge in [0.2, 0.25) is 11.8 Å². The molecule has 2 amide bonds. The molecule has 0 aliphatic carbocycles. The van der Waals surface area contributed by atoms with Crippen LogP contribution in [-0.2, 0) is 24.0 Å². The molecule has 10 nitrogen and oxygen atoms in total. The summed E-state index contributed by atoms with van der Waals surface area (Å²) in [6.45, 7) is 2.96. The molecule has 2 saturated heterocycles. The van der Waals surface area contributed by atoms with E-state index in [0.717, 1.165) is 4.90 Å². The van der Waals surface area contributed by atoms with Crippen molar-refractivity contribution in [2.45, 2.75) is 31.8 Å². The number of aliphatic carboxylic acids is 2. The number of imide groups is 1. The first-order valence-corrected chi connectivity index (χ1v) is 10.5. The molecule has 4 rings (SSSR count). The maximum absolute atomic E-state index is 13.6. The highest BCUT2D eigenvalue weighted by Gasteiger charge is 2.69. The van der Waals surface area contributed by atoms with Gasteiger partial charge in [-0.2, -0.15) is 0 Å². The number of carboxylic acid groups (broad SMARTS) is 2. The number of para-hydroxylation sites is 1. The molecule has 0 radical (unpaired) electrons. The van der Waals surface area contributed by atoms with Gasteiger partial charge in [0.1, 0.15) is 11.3 Å². The number of anilines is 1. The van der Waals surface area contributed by atoms with E-state index in [0.29, 0.717) is 16.8 Å². The molecule has 2 fully saturated rings. The number of nitrogens with one attached hydrogen (secondary N) is 1. The van der Waals surface area contributed by atoms with Crippen LogP contribution in [0.3, 0.4) is 0 Å². The van der Waals surface area contributed by atoms with Crippen LogP contribution in [0, 0.1) is 18.8 Å². The Hall–Kier alpha value is -4.05. The maximum atomic E-state index is 13.6. The van der Waals surface area contributed by atoms with Gasteiger partial charge < -0.3 is 14.9 Å². The molecule has 34 heavy (non-hydrogen) atoms. The zero-order chi connectivity index (χ0) is 24.8. The van der Waals surface area contributed by atoms with E-state index in [1.54, 1.807) is 43.3 Å². The summed E-state index contributed by atoms with van der Waals surface area (Å²) in [5, 5.41) is 22.4. The number of benzene rings is 2. The van der Waals surface area contributed by atoms with E-state index in [4.69, 9.17) is 4.74 Å². The minimum absolute atomic E-state index is 0.246. The second-order valence-electron chi connectivity index (χ2n) is 8.43. The van der Waals surface area contributed by atoms with Crippen molar-refractivity contribution in [2.24, 2.45) is 11.8 Å². The number of aryl methyl sites for hydroxylation is 1. The number of carboxylic acids is 2. The number of nitrogens with zero attached hydrogens (tertiary/aromatic N) is 1. The van der Waals surface area contributed by atoms with Crippen LogP contribution in [-0.4, -0.2) is 45.5 Å². The molecule has 0 saturated carbocycles. The third-order valence-electron chi connectivity index (χ3n) is 6.32. The smallest absolute Gasteiger partial charge is 0.325 e. The molecule has 0 bridgehead atoms. The molecule has 176 valence electrons. The van der Waals surface area contributed by atoms with Gasteiger partial charge in [-0.1, -0.05) is 30.3 Å². The Bertz CT molecular complexity index is 1210. The molecular weight excluding hydrogens is 444 g/mol. The lowest BCUT2D eigenvalue weighted by Gasteiger charge is -2.30. The minimum atomic E-state index is -2.19. The Morgan fingerprint density at radius 2 is 1.68 bits per heavy atom. The number of carbonyl (C=O) groups excluding carboxylic acids is 3. The van der Waals surface area contributed by atoms with E-state index < -0.39 is 59.6 Å². The van der Waals surface area contributed by atoms with Crippen LogP contribution in [0.1, 0.15) is 30.5 Å². The normalized spacial score (nSPS) is 25.8. The Balaban J connectivity index is 1.83. The third-order valence-corrected chi connectivity index (χ3v) is 6.32. The fourth-order valence-corrected chi connectivity index (χ4v) is 4.92. The molecule has 2 aromatic carbocycles. The standard InChI is InChI=1S/C24H22N2O8/c1-12-5-3-4-6-16(12)26-21(30)18-19(22(26)31)24(23(32)33,11-17(28)29)25-20(18)14-7-9-15(10-8-14)34-13(2)27/h3-10,18-20,25H,11H2,1-2H3,(H,28,29)(H,32,33). The summed E-state index contributed by atoms with van der Waals surface area (Å²) < 4.78 is 5.02. The van der Waals surface area contributed by atoms with E-state index in [1.807, 2.05) is 0 Å². The quantitative estimate of drug-likeness (QED) is 0.328. The Labute approximate surface area is 194 Å². The zero-order valence-electron chi connectivity index (χ0n) is 18.3. The van der Waals surface area contributed by atoms with Crippen molar-refractivity contribution in [1.82, 2.24) is 5.32 Å². The summed E-state index contributed by atoms with van der Waals surface area (Å²) >= 11 is 0. The highest BCUT2D eigenvalue weighted by atomic mass is 16.5. The van der Waals surface area contributed by atoms with Crippen molar-refractivity contribution < 1.29 is 38.9 Å². The topological polar surface area (TPSA) is 150 Å². The molecule has 2 aromatic rings. The van der Waals surface area contributed by atoms with Crippen molar-refractivity contribution >= 4 is 35.4 Å². The van der Waals surface area contributed by atoms with Crippen LogP contribution < -0.4 is 15.0 Å². The summed E-state index contributed by atoms with van der Waals surface area (Å²) in [5.41, 5.74) is -0.781. The number of hydrogen-bond acceptors (Lipinski definition) is 7. The van der Waals surface area contributed by atoms with Gasteiger partial charge in [-0.3, -0.25) is 29.3 Å². The molecular formula is C24H22N2O8. The fourth-order valence-electron chi connectivity index (χ4n) is 4.92. The van der Waals surface area contributed by atoms with E-state index in [9.17, 15) is 34.2 Å². The lowest BCUT2D eigenvalue weighted by Crippen LogP contribution is -2.57. The highest BCUT2D eigenvalue weighted by molar-refractivity contribution is 6.24. The second-order valence-corrected chi connectivity index (χ2v) is 8.43. The predicted octanol–water partition coefficient (Wildman–Crippen LogP) is 1.67. The Morgan fingerprint density at radius 3 is 2.24 bits per heavy atom. The average molecular weight is 466 g/mol. The van der Waals surface area contributed by atoms with E-state index in [1.165, 1.54) is 19.1 Å². The molecule has 0 spiro atoms. The Kier molecular flexibility index (Phi) is 5.70. The minimum Gasteiger partial charge on any atom is -0.481 e. The van der Waals surface area contributed by atoms with Gasteiger partial charge in [0.15, 0.2) is 0 Å². The molecule has 10 heteroatoms. The van der Waals surface area contributed by atoms with Crippen LogP contribution in [0.2, 0.25) is 0 Å². The second kappa shape index (κ2) is 8.38. The third kappa shape index (κ3) is 3.61. The number of carbonyl (C=O) groups is 5. The van der Waals surface area contributed by atoms with Crippen molar-refractivity contribution in [3.05, 3.63) is 59.7 Å². The number of rotatable bonds is 6. The fraction of sp³-hybridized carbons (Fsp3) is 0.292. The van der Waals surface area contributed by atoms with Gasteiger partial charge in [-0.25, -0.2) is 4.90 Å². The summed E-state index contributed by atoms with van der Waals surface area (Å²) in [7, 11) is 0. The monoisotopic (exact) mass is 466 g/mol. The highest BCUT2D eigenvalue weighted by Crippen LogP contribution is 2.51. The van der Waals surface area contributed by atoms with Gasteiger partial charge in [0.05, 0.1) is 23.9 Å². The SMILES string of the molecule is CC(=O)Oc1ccc(C2NC(CC(=O)O)(C(=O)O)C3C(=O)N(c4ccccc4C)C(=O)C23)cc1. The number of hydrogen-bond donors (Lipinski definition) is 3. The predicted molar refractivity (Wildman–Crippen MR) is 117 cm³/mol. The van der Waals surface area contributed by atoms with Crippen LogP contribution >= 0.6 is 0 Å². The van der Waals surface area contributed by atoms with Crippen LogP contribution in [0.25, 0.3) is 0 Å². The number of amides is 2. The molecule has 2 heterocycles. The summed E-state index contributed by atoms with van der Waals surface area (Å²) in [5.74, 6) is -7.20. The number of fused-ring (bicyclic) bond motifs is 1.